The van der Waals surface area contributed by atoms with Crippen LogP contribution in [0.3, 0.4) is 0 Å². The maximum absolute atomic E-state index is 13.6. The number of rotatable bonds is 4. The predicted molar refractivity (Wildman–Crippen MR) is 76.9 cm³/mol. The lowest BCUT2D eigenvalue weighted by Gasteiger charge is -2.11. The van der Waals surface area contributed by atoms with Crippen molar-refractivity contribution in [2.45, 2.75) is 20.3 Å². The van der Waals surface area contributed by atoms with E-state index < -0.39 is 11.6 Å². The molecular formula is C17H16F2O2. The van der Waals surface area contributed by atoms with E-state index in [1.54, 1.807) is 19.2 Å². The van der Waals surface area contributed by atoms with Gasteiger partial charge in [0.1, 0.15) is 17.4 Å². The number of carbonyl (C=O) groups excluding carboxylic acids is 1. The summed E-state index contributed by atoms with van der Waals surface area (Å²) in [6.07, 6.45) is -0.0999. The lowest BCUT2D eigenvalue weighted by Crippen LogP contribution is -2.07. The Balaban J connectivity index is 2.28. The summed E-state index contributed by atoms with van der Waals surface area (Å²) in [4.78, 5) is 12.3. The molecule has 2 aromatic carbocycles. The monoisotopic (exact) mass is 290 g/mol. The van der Waals surface area contributed by atoms with Gasteiger partial charge >= 0.3 is 0 Å². The highest BCUT2D eigenvalue weighted by molar-refractivity contribution is 5.98. The number of aryl methyl sites for hydroxylation is 2. The van der Waals surface area contributed by atoms with Crippen LogP contribution in [0.15, 0.2) is 30.3 Å². The van der Waals surface area contributed by atoms with E-state index in [-0.39, 0.29) is 17.8 Å². The summed E-state index contributed by atoms with van der Waals surface area (Å²) in [6, 6.07) is 6.67. The van der Waals surface area contributed by atoms with Crippen LogP contribution >= 0.6 is 0 Å². The molecule has 0 radical (unpaired) electrons. The average molecular weight is 290 g/mol. The Morgan fingerprint density at radius 3 is 2.24 bits per heavy atom. The summed E-state index contributed by atoms with van der Waals surface area (Å²) in [5.41, 5.74) is 2.38. The van der Waals surface area contributed by atoms with Crippen LogP contribution in [0.2, 0.25) is 0 Å². The van der Waals surface area contributed by atoms with Gasteiger partial charge in [-0.3, -0.25) is 4.79 Å². The standard InChI is InChI=1S/C17H16F2O2/c1-10-6-13(7-11(2)17(10)21-3)16(20)8-12-4-5-14(18)9-15(12)19/h4-7,9H,8H2,1-3H3. The number of ketones is 1. The molecule has 0 N–H and O–H groups in total. The molecule has 0 amide bonds. The molecule has 0 heterocycles. The Kier molecular flexibility index (Phi) is 4.36. The van der Waals surface area contributed by atoms with Crippen molar-refractivity contribution in [3.8, 4) is 5.75 Å². The molecule has 21 heavy (non-hydrogen) atoms. The molecule has 0 saturated carbocycles. The number of hydrogen-bond acceptors (Lipinski definition) is 2. The summed E-state index contributed by atoms with van der Waals surface area (Å²) >= 11 is 0. The van der Waals surface area contributed by atoms with Crippen molar-refractivity contribution in [1.82, 2.24) is 0 Å². The molecule has 0 aromatic heterocycles. The van der Waals surface area contributed by atoms with Crippen LogP contribution in [0.5, 0.6) is 5.75 Å². The first-order chi connectivity index (χ1) is 9.92. The Labute approximate surface area is 122 Å². The first-order valence-electron chi connectivity index (χ1n) is 6.54. The van der Waals surface area contributed by atoms with Crippen LogP contribution in [0.4, 0.5) is 8.78 Å². The number of halogens is 2. The number of carbonyl (C=O) groups is 1. The van der Waals surface area contributed by atoms with Crippen molar-refractivity contribution in [3.63, 3.8) is 0 Å². The van der Waals surface area contributed by atoms with Gasteiger partial charge in [0.25, 0.3) is 0 Å². The minimum absolute atomic E-state index is 0.0999. The molecule has 0 aliphatic heterocycles. The second-order valence-electron chi connectivity index (χ2n) is 4.98. The topological polar surface area (TPSA) is 26.3 Å². The van der Waals surface area contributed by atoms with Gasteiger partial charge < -0.3 is 4.74 Å². The molecule has 0 bridgehead atoms. The molecule has 0 aliphatic carbocycles. The van der Waals surface area contributed by atoms with Gasteiger partial charge in [0, 0.05) is 18.1 Å². The van der Waals surface area contributed by atoms with Gasteiger partial charge in [-0.15, -0.1) is 0 Å². The predicted octanol–water partition coefficient (Wildman–Crippen LogP) is 4.02. The lowest BCUT2D eigenvalue weighted by molar-refractivity contribution is 0.0991. The van der Waals surface area contributed by atoms with E-state index in [2.05, 4.69) is 0 Å². The Morgan fingerprint density at radius 2 is 1.71 bits per heavy atom. The van der Waals surface area contributed by atoms with Gasteiger partial charge in [-0.05, 0) is 48.7 Å². The molecule has 0 atom stereocenters. The molecule has 0 unspecified atom stereocenters. The highest BCUT2D eigenvalue weighted by Gasteiger charge is 2.14. The normalized spacial score (nSPS) is 10.5. The van der Waals surface area contributed by atoms with E-state index in [1.165, 1.54) is 6.07 Å². The zero-order valence-electron chi connectivity index (χ0n) is 12.2. The minimum atomic E-state index is -0.703. The summed E-state index contributed by atoms with van der Waals surface area (Å²) in [7, 11) is 1.57. The quantitative estimate of drug-likeness (QED) is 0.795. The largest absolute Gasteiger partial charge is 0.496 e. The molecule has 0 saturated heterocycles. The minimum Gasteiger partial charge on any atom is -0.496 e. The second kappa shape index (κ2) is 6.04. The first-order valence-corrected chi connectivity index (χ1v) is 6.54. The summed E-state index contributed by atoms with van der Waals surface area (Å²) in [6.45, 7) is 3.70. The zero-order chi connectivity index (χ0) is 15.6. The first kappa shape index (κ1) is 15.2. The van der Waals surface area contributed by atoms with Crippen LogP contribution in [-0.2, 0) is 6.42 Å². The molecule has 0 spiro atoms. The molecule has 110 valence electrons. The van der Waals surface area contributed by atoms with E-state index in [4.69, 9.17) is 4.74 Å². The van der Waals surface area contributed by atoms with Crippen molar-refractivity contribution < 1.29 is 18.3 Å². The van der Waals surface area contributed by atoms with Crippen LogP contribution in [0.25, 0.3) is 0 Å². The molecule has 4 heteroatoms. The fourth-order valence-corrected chi connectivity index (χ4v) is 2.37. The SMILES string of the molecule is COc1c(C)cc(C(=O)Cc2ccc(F)cc2F)cc1C. The Bertz CT molecular complexity index is 670. The van der Waals surface area contributed by atoms with Gasteiger partial charge in [0.2, 0.25) is 0 Å². The summed E-state index contributed by atoms with van der Waals surface area (Å²) < 4.78 is 31.7. The molecule has 2 rings (SSSR count). The van der Waals surface area contributed by atoms with E-state index in [0.717, 1.165) is 29.0 Å². The van der Waals surface area contributed by atoms with Crippen LogP contribution < -0.4 is 4.74 Å². The fourth-order valence-electron chi connectivity index (χ4n) is 2.37. The second-order valence-corrected chi connectivity index (χ2v) is 4.98. The third-order valence-corrected chi connectivity index (χ3v) is 3.35. The van der Waals surface area contributed by atoms with Gasteiger partial charge in [-0.1, -0.05) is 6.07 Å². The average Bonchev–Trinajstić information content (AvgIpc) is 2.41. The van der Waals surface area contributed by atoms with Crippen LogP contribution in [-0.4, -0.2) is 12.9 Å². The van der Waals surface area contributed by atoms with Crippen molar-refractivity contribution in [2.75, 3.05) is 7.11 Å². The van der Waals surface area contributed by atoms with Gasteiger partial charge in [0.15, 0.2) is 5.78 Å². The van der Waals surface area contributed by atoms with Crippen molar-refractivity contribution in [2.24, 2.45) is 0 Å². The number of methoxy groups -OCH3 is 1. The van der Waals surface area contributed by atoms with Gasteiger partial charge in [-0.2, -0.15) is 0 Å². The van der Waals surface area contributed by atoms with Gasteiger partial charge in [-0.25, -0.2) is 8.78 Å². The third kappa shape index (κ3) is 3.27. The highest BCUT2D eigenvalue weighted by atomic mass is 19.1. The van der Waals surface area contributed by atoms with Crippen molar-refractivity contribution in [3.05, 3.63) is 64.2 Å². The Hall–Kier alpha value is -2.23. The fraction of sp³-hybridized carbons (Fsp3) is 0.235. The van der Waals surface area contributed by atoms with Crippen molar-refractivity contribution >= 4 is 5.78 Å². The lowest BCUT2D eigenvalue weighted by atomic mass is 9.98. The molecule has 2 aromatic rings. The van der Waals surface area contributed by atoms with Crippen LogP contribution in [0, 0.1) is 25.5 Å². The summed E-state index contributed by atoms with van der Waals surface area (Å²) in [5.74, 6) is -0.834. The maximum Gasteiger partial charge on any atom is 0.167 e. The Morgan fingerprint density at radius 1 is 1.10 bits per heavy atom. The highest BCUT2D eigenvalue weighted by Crippen LogP contribution is 2.25. The van der Waals surface area contributed by atoms with E-state index in [0.29, 0.717) is 5.56 Å². The third-order valence-electron chi connectivity index (χ3n) is 3.35. The van der Waals surface area contributed by atoms with E-state index in [9.17, 15) is 13.6 Å². The summed E-state index contributed by atoms with van der Waals surface area (Å²) in [5, 5.41) is 0. The molecule has 2 nitrogen and oxygen atoms in total. The number of benzene rings is 2. The van der Waals surface area contributed by atoms with Crippen molar-refractivity contribution in [1.29, 1.82) is 0 Å². The molecular weight excluding hydrogens is 274 g/mol. The van der Waals surface area contributed by atoms with Gasteiger partial charge in [0.05, 0.1) is 7.11 Å². The smallest absolute Gasteiger partial charge is 0.167 e. The maximum atomic E-state index is 13.6. The zero-order valence-corrected chi connectivity index (χ0v) is 12.2. The number of Topliss-reactive ketones (excluding diaryl/α,β-unsaturated/α-hetero) is 1. The van der Waals surface area contributed by atoms with E-state index in [1.807, 2.05) is 13.8 Å². The van der Waals surface area contributed by atoms with E-state index >= 15 is 0 Å². The molecule has 0 aliphatic rings. The number of ether oxygens (including phenoxy) is 1. The number of hydrogen-bond donors (Lipinski definition) is 0. The van der Waals surface area contributed by atoms with Crippen LogP contribution in [0.1, 0.15) is 27.0 Å². The molecule has 0 fully saturated rings.